The number of halogens is 1. The molecule has 1 aromatic heterocycles. The Balaban J connectivity index is 1.99. The third kappa shape index (κ3) is 4.49. The Labute approximate surface area is 129 Å². The van der Waals surface area contributed by atoms with Gasteiger partial charge in [-0.1, -0.05) is 37.1 Å². The number of anilines is 2. The molecule has 0 fully saturated rings. The molecule has 0 aliphatic rings. The molecule has 0 saturated carbocycles. The maximum Gasteiger partial charge on any atom is 0.242 e. The second-order valence-corrected chi connectivity index (χ2v) is 5.06. The van der Waals surface area contributed by atoms with Gasteiger partial charge in [-0.15, -0.1) is 0 Å². The molecule has 0 aliphatic carbocycles. The number of benzene rings is 1. The van der Waals surface area contributed by atoms with Crippen LogP contribution in [0.5, 0.6) is 5.88 Å². The van der Waals surface area contributed by atoms with Crippen molar-refractivity contribution >= 4 is 23.1 Å². The van der Waals surface area contributed by atoms with Crippen molar-refractivity contribution in [3.63, 3.8) is 0 Å². The van der Waals surface area contributed by atoms with E-state index in [1.165, 1.54) is 6.33 Å². The molecule has 3 N–H and O–H groups in total. The van der Waals surface area contributed by atoms with E-state index in [1.807, 2.05) is 24.3 Å². The van der Waals surface area contributed by atoms with Gasteiger partial charge in [0, 0.05) is 11.6 Å². The summed E-state index contributed by atoms with van der Waals surface area (Å²) < 4.78 is 5.55. The van der Waals surface area contributed by atoms with Gasteiger partial charge in [0.1, 0.15) is 12.0 Å². The van der Waals surface area contributed by atoms with Crippen LogP contribution in [-0.2, 0) is 6.54 Å². The van der Waals surface area contributed by atoms with Crippen molar-refractivity contribution in [3.8, 4) is 5.88 Å². The topological polar surface area (TPSA) is 73.1 Å². The van der Waals surface area contributed by atoms with Crippen molar-refractivity contribution in [3.05, 3.63) is 41.2 Å². The first-order valence-electron chi connectivity index (χ1n) is 6.92. The summed E-state index contributed by atoms with van der Waals surface area (Å²) in [6, 6.07) is 7.60. The van der Waals surface area contributed by atoms with E-state index in [2.05, 4.69) is 22.2 Å². The summed E-state index contributed by atoms with van der Waals surface area (Å²) in [6.07, 6.45) is 3.48. The number of hydrogen-bond acceptors (Lipinski definition) is 5. The third-order valence-corrected chi connectivity index (χ3v) is 3.21. The summed E-state index contributed by atoms with van der Waals surface area (Å²) in [7, 11) is 0. The Kier molecular flexibility index (Phi) is 5.63. The molecule has 5 nitrogen and oxygen atoms in total. The van der Waals surface area contributed by atoms with E-state index in [0.717, 1.165) is 18.4 Å². The van der Waals surface area contributed by atoms with Gasteiger partial charge in [-0.3, -0.25) is 0 Å². The van der Waals surface area contributed by atoms with Crippen LogP contribution in [0.25, 0.3) is 0 Å². The van der Waals surface area contributed by atoms with Gasteiger partial charge in [-0.2, -0.15) is 4.98 Å². The molecule has 21 heavy (non-hydrogen) atoms. The Morgan fingerprint density at radius 1 is 1.24 bits per heavy atom. The lowest BCUT2D eigenvalue weighted by atomic mass is 10.2. The molecule has 0 atom stereocenters. The van der Waals surface area contributed by atoms with E-state index in [1.54, 1.807) is 0 Å². The van der Waals surface area contributed by atoms with Crippen molar-refractivity contribution in [2.24, 2.45) is 0 Å². The maximum atomic E-state index is 6.02. The van der Waals surface area contributed by atoms with Crippen LogP contribution in [-0.4, -0.2) is 16.6 Å². The van der Waals surface area contributed by atoms with E-state index in [0.29, 0.717) is 35.6 Å². The SMILES string of the molecule is CCCCOc1ncnc(NCc2ccc(Cl)cc2)c1N. The predicted octanol–water partition coefficient (Wildman–Crippen LogP) is 3.50. The normalized spacial score (nSPS) is 10.4. The second-order valence-electron chi connectivity index (χ2n) is 4.62. The van der Waals surface area contributed by atoms with Gasteiger partial charge >= 0.3 is 0 Å². The fourth-order valence-electron chi connectivity index (χ4n) is 1.74. The van der Waals surface area contributed by atoms with Crippen LogP contribution in [0.15, 0.2) is 30.6 Å². The molecule has 112 valence electrons. The van der Waals surface area contributed by atoms with Crippen LogP contribution in [0, 0.1) is 0 Å². The quantitative estimate of drug-likeness (QED) is 0.766. The van der Waals surface area contributed by atoms with Gasteiger partial charge in [0.25, 0.3) is 0 Å². The number of nitrogens with zero attached hydrogens (tertiary/aromatic N) is 2. The lowest BCUT2D eigenvalue weighted by Gasteiger charge is -2.11. The fraction of sp³-hybridized carbons (Fsp3) is 0.333. The summed E-state index contributed by atoms with van der Waals surface area (Å²) in [5, 5.41) is 3.90. The number of nitrogens with two attached hydrogens (primary N) is 1. The fourth-order valence-corrected chi connectivity index (χ4v) is 1.86. The van der Waals surface area contributed by atoms with Gasteiger partial charge in [-0.05, 0) is 24.1 Å². The van der Waals surface area contributed by atoms with Crippen molar-refractivity contribution in [1.82, 2.24) is 9.97 Å². The molecule has 2 aromatic rings. The first kappa shape index (κ1) is 15.4. The van der Waals surface area contributed by atoms with E-state index >= 15 is 0 Å². The molecule has 0 aliphatic heterocycles. The highest BCUT2D eigenvalue weighted by Crippen LogP contribution is 2.25. The van der Waals surface area contributed by atoms with Crippen LogP contribution < -0.4 is 15.8 Å². The minimum absolute atomic E-state index is 0.428. The first-order valence-corrected chi connectivity index (χ1v) is 7.30. The molecule has 1 aromatic carbocycles. The van der Waals surface area contributed by atoms with Crippen molar-refractivity contribution in [2.45, 2.75) is 26.3 Å². The Hall–Kier alpha value is -2.01. The van der Waals surface area contributed by atoms with Gasteiger partial charge in [0.2, 0.25) is 5.88 Å². The van der Waals surface area contributed by atoms with E-state index in [9.17, 15) is 0 Å². The summed E-state index contributed by atoms with van der Waals surface area (Å²) in [4.78, 5) is 8.21. The molecule has 6 heteroatoms. The molecule has 0 bridgehead atoms. The van der Waals surface area contributed by atoms with Crippen LogP contribution in [0.3, 0.4) is 0 Å². The summed E-state index contributed by atoms with van der Waals surface area (Å²) in [5.74, 6) is 1.00. The number of nitrogens with one attached hydrogen (secondary N) is 1. The van der Waals surface area contributed by atoms with Crippen LogP contribution in [0.2, 0.25) is 5.02 Å². The smallest absolute Gasteiger partial charge is 0.242 e. The number of hydrogen-bond donors (Lipinski definition) is 2. The first-order chi connectivity index (χ1) is 10.2. The zero-order valence-corrected chi connectivity index (χ0v) is 12.7. The minimum Gasteiger partial charge on any atom is -0.476 e. The summed E-state index contributed by atoms with van der Waals surface area (Å²) >= 11 is 5.86. The highest BCUT2D eigenvalue weighted by molar-refractivity contribution is 6.30. The van der Waals surface area contributed by atoms with Crippen LogP contribution in [0.4, 0.5) is 11.5 Å². The Morgan fingerprint density at radius 2 is 2.00 bits per heavy atom. The number of unbranched alkanes of at least 4 members (excludes halogenated alkanes) is 1. The molecule has 0 saturated heterocycles. The highest BCUT2D eigenvalue weighted by atomic mass is 35.5. The molecule has 0 unspecified atom stereocenters. The van der Waals surface area contributed by atoms with Crippen LogP contribution >= 0.6 is 11.6 Å². The molecule has 0 radical (unpaired) electrons. The average molecular weight is 307 g/mol. The zero-order valence-electron chi connectivity index (χ0n) is 12.0. The van der Waals surface area contributed by atoms with E-state index < -0.39 is 0 Å². The summed E-state index contributed by atoms with van der Waals surface area (Å²) in [5.41, 5.74) is 7.54. The largest absolute Gasteiger partial charge is 0.476 e. The Morgan fingerprint density at radius 3 is 2.71 bits per heavy atom. The molecule has 2 rings (SSSR count). The van der Waals surface area contributed by atoms with Crippen molar-refractivity contribution in [2.75, 3.05) is 17.7 Å². The van der Waals surface area contributed by atoms with E-state index in [4.69, 9.17) is 22.1 Å². The molecular formula is C15H19ClN4O. The zero-order chi connectivity index (χ0) is 15.1. The highest BCUT2D eigenvalue weighted by Gasteiger charge is 2.08. The number of ether oxygens (including phenoxy) is 1. The molecule has 1 heterocycles. The standard InChI is InChI=1S/C15H19ClN4O/c1-2-3-8-21-15-13(17)14(19-10-20-15)18-9-11-4-6-12(16)7-5-11/h4-7,10H,2-3,8-9,17H2,1H3,(H,18,19,20). The van der Waals surface area contributed by atoms with Crippen molar-refractivity contribution < 1.29 is 4.74 Å². The molecule has 0 spiro atoms. The second kappa shape index (κ2) is 7.69. The maximum absolute atomic E-state index is 6.02. The average Bonchev–Trinajstić information content (AvgIpc) is 2.49. The molecule has 0 amide bonds. The van der Waals surface area contributed by atoms with Crippen LogP contribution in [0.1, 0.15) is 25.3 Å². The van der Waals surface area contributed by atoms with Gasteiger partial charge in [-0.25, -0.2) is 4.98 Å². The van der Waals surface area contributed by atoms with Gasteiger partial charge in [0.05, 0.1) is 6.61 Å². The monoisotopic (exact) mass is 306 g/mol. The third-order valence-electron chi connectivity index (χ3n) is 2.96. The van der Waals surface area contributed by atoms with Gasteiger partial charge in [0.15, 0.2) is 5.82 Å². The Bertz CT molecular complexity index is 574. The number of nitrogen functional groups attached to an aromatic ring is 1. The van der Waals surface area contributed by atoms with Crippen molar-refractivity contribution in [1.29, 1.82) is 0 Å². The predicted molar refractivity (Wildman–Crippen MR) is 85.6 cm³/mol. The minimum atomic E-state index is 0.428. The van der Waals surface area contributed by atoms with Gasteiger partial charge < -0.3 is 15.8 Å². The lowest BCUT2D eigenvalue weighted by Crippen LogP contribution is -2.08. The lowest BCUT2D eigenvalue weighted by molar-refractivity contribution is 0.299. The van der Waals surface area contributed by atoms with E-state index in [-0.39, 0.29) is 0 Å². The summed E-state index contributed by atoms with van der Waals surface area (Å²) in [6.45, 7) is 3.31. The molecular weight excluding hydrogens is 288 g/mol. The number of aromatic nitrogens is 2. The number of rotatable bonds is 7.